The van der Waals surface area contributed by atoms with Gasteiger partial charge in [-0.25, -0.2) is 14.5 Å². The standard InChI is InChI=1S/C13H17N5O3/c1-8(2)18-11(14-7-15-18)6-17-5-10(9(3)19)12(20)16(4)13(17)21/h5,7-8H,6H2,1-4H3. The fourth-order valence-corrected chi connectivity index (χ4v) is 2.05. The fraction of sp³-hybridized carbons (Fsp3) is 0.462. The molecule has 0 aromatic carbocycles. The summed E-state index contributed by atoms with van der Waals surface area (Å²) in [4.78, 5) is 39.6. The molecule has 0 fully saturated rings. The van der Waals surface area contributed by atoms with Crippen LogP contribution in [0.5, 0.6) is 0 Å². The molecule has 2 rings (SSSR count). The van der Waals surface area contributed by atoms with E-state index in [1.54, 1.807) is 4.68 Å². The molecule has 8 heteroatoms. The van der Waals surface area contributed by atoms with Crippen LogP contribution in [0.4, 0.5) is 0 Å². The maximum absolute atomic E-state index is 12.1. The molecular formula is C13H17N5O3. The van der Waals surface area contributed by atoms with Crippen LogP contribution in [0.15, 0.2) is 22.1 Å². The second kappa shape index (κ2) is 5.47. The van der Waals surface area contributed by atoms with E-state index in [9.17, 15) is 14.4 Å². The fourth-order valence-electron chi connectivity index (χ4n) is 2.05. The molecular weight excluding hydrogens is 274 g/mol. The van der Waals surface area contributed by atoms with E-state index in [0.29, 0.717) is 5.82 Å². The number of carbonyl (C=O) groups is 1. The molecule has 0 atom stereocenters. The lowest BCUT2D eigenvalue weighted by atomic mass is 10.2. The molecule has 0 aliphatic heterocycles. The molecule has 21 heavy (non-hydrogen) atoms. The zero-order valence-electron chi connectivity index (χ0n) is 12.4. The van der Waals surface area contributed by atoms with Crippen molar-refractivity contribution in [2.24, 2.45) is 7.05 Å². The summed E-state index contributed by atoms with van der Waals surface area (Å²) in [6.07, 6.45) is 2.70. The van der Waals surface area contributed by atoms with Gasteiger partial charge in [0.25, 0.3) is 5.56 Å². The van der Waals surface area contributed by atoms with Crippen molar-refractivity contribution >= 4 is 5.78 Å². The van der Waals surface area contributed by atoms with Crippen LogP contribution in [0.25, 0.3) is 0 Å². The molecule has 0 bridgehead atoms. The Morgan fingerprint density at radius 1 is 1.33 bits per heavy atom. The second-order valence-electron chi connectivity index (χ2n) is 5.09. The lowest BCUT2D eigenvalue weighted by molar-refractivity contribution is 0.101. The number of aromatic nitrogens is 5. The molecule has 0 spiro atoms. The largest absolute Gasteiger partial charge is 0.331 e. The Morgan fingerprint density at radius 3 is 2.57 bits per heavy atom. The average molecular weight is 291 g/mol. The third kappa shape index (κ3) is 2.69. The first-order valence-corrected chi connectivity index (χ1v) is 6.52. The molecule has 0 amide bonds. The van der Waals surface area contributed by atoms with E-state index < -0.39 is 11.2 Å². The maximum Gasteiger partial charge on any atom is 0.331 e. The van der Waals surface area contributed by atoms with E-state index in [1.807, 2.05) is 13.8 Å². The van der Waals surface area contributed by atoms with Crippen LogP contribution in [0.1, 0.15) is 43.0 Å². The van der Waals surface area contributed by atoms with Crippen LogP contribution in [-0.2, 0) is 13.6 Å². The lowest BCUT2D eigenvalue weighted by Crippen LogP contribution is -2.40. The van der Waals surface area contributed by atoms with Crippen molar-refractivity contribution in [3.05, 3.63) is 44.8 Å². The molecule has 2 aromatic heterocycles. The summed E-state index contributed by atoms with van der Waals surface area (Å²) in [7, 11) is 1.35. The molecule has 0 radical (unpaired) electrons. The molecule has 112 valence electrons. The highest BCUT2D eigenvalue weighted by Gasteiger charge is 2.15. The van der Waals surface area contributed by atoms with Crippen LogP contribution < -0.4 is 11.2 Å². The summed E-state index contributed by atoms with van der Waals surface area (Å²) in [6, 6.07) is 0.0954. The first-order valence-electron chi connectivity index (χ1n) is 6.52. The topological polar surface area (TPSA) is 91.8 Å². The van der Waals surface area contributed by atoms with E-state index in [-0.39, 0.29) is 23.9 Å². The Kier molecular flexibility index (Phi) is 3.88. The third-order valence-corrected chi connectivity index (χ3v) is 3.18. The minimum atomic E-state index is -0.589. The number of Topliss-reactive ketones (excluding diaryl/α,β-unsaturated/α-hetero) is 1. The van der Waals surface area contributed by atoms with Gasteiger partial charge in [-0.1, -0.05) is 0 Å². The third-order valence-electron chi connectivity index (χ3n) is 3.18. The highest BCUT2D eigenvalue weighted by atomic mass is 16.2. The normalized spacial score (nSPS) is 11.1. The highest BCUT2D eigenvalue weighted by molar-refractivity contribution is 5.93. The Balaban J connectivity index is 2.55. The predicted octanol–water partition coefficient (Wildman–Crippen LogP) is -0.0297. The zero-order chi connectivity index (χ0) is 15.7. The van der Waals surface area contributed by atoms with Gasteiger partial charge in [-0.3, -0.25) is 18.7 Å². The molecule has 2 heterocycles. The Labute approximate surface area is 120 Å². The summed E-state index contributed by atoms with van der Waals surface area (Å²) in [5, 5.41) is 4.09. The van der Waals surface area contributed by atoms with Crippen molar-refractivity contribution in [1.82, 2.24) is 23.9 Å². The van der Waals surface area contributed by atoms with Crippen molar-refractivity contribution in [3.63, 3.8) is 0 Å². The SMILES string of the molecule is CC(=O)c1cn(Cc2ncnn2C(C)C)c(=O)n(C)c1=O. The summed E-state index contributed by atoms with van der Waals surface area (Å²) >= 11 is 0. The maximum atomic E-state index is 12.1. The summed E-state index contributed by atoms with van der Waals surface area (Å²) in [6.45, 7) is 5.33. The number of hydrogen-bond acceptors (Lipinski definition) is 5. The first-order chi connectivity index (χ1) is 9.82. The van der Waals surface area contributed by atoms with Gasteiger partial charge < -0.3 is 0 Å². The van der Waals surface area contributed by atoms with Crippen molar-refractivity contribution in [1.29, 1.82) is 0 Å². The molecule has 0 aliphatic carbocycles. The van der Waals surface area contributed by atoms with Crippen LogP contribution in [0.2, 0.25) is 0 Å². The van der Waals surface area contributed by atoms with Gasteiger partial charge in [0.1, 0.15) is 12.2 Å². The lowest BCUT2D eigenvalue weighted by Gasteiger charge is -2.12. The van der Waals surface area contributed by atoms with Gasteiger partial charge in [0.2, 0.25) is 0 Å². The number of rotatable bonds is 4. The van der Waals surface area contributed by atoms with Gasteiger partial charge in [0, 0.05) is 19.3 Å². The minimum Gasteiger partial charge on any atom is -0.294 e. The summed E-state index contributed by atoms with van der Waals surface area (Å²) in [5.74, 6) is 0.204. The molecule has 0 unspecified atom stereocenters. The van der Waals surface area contributed by atoms with Crippen molar-refractivity contribution < 1.29 is 4.79 Å². The average Bonchev–Trinajstić information content (AvgIpc) is 2.87. The number of hydrogen-bond donors (Lipinski definition) is 0. The monoisotopic (exact) mass is 291 g/mol. The van der Waals surface area contributed by atoms with Crippen LogP contribution >= 0.6 is 0 Å². The van der Waals surface area contributed by atoms with Crippen LogP contribution in [0.3, 0.4) is 0 Å². The zero-order valence-corrected chi connectivity index (χ0v) is 12.4. The number of nitrogens with zero attached hydrogens (tertiary/aromatic N) is 5. The van der Waals surface area contributed by atoms with Gasteiger partial charge >= 0.3 is 5.69 Å². The van der Waals surface area contributed by atoms with Crippen molar-refractivity contribution in [2.75, 3.05) is 0 Å². The van der Waals surface area contributed by atoms with Gasteiger partial charge in [-0.2, -0.15) is 5.10 Å². The summed E-state index contributed by atoms with van der Waals surface area (Å²) < 4.78 is 3.90. The molecule has 0 N–H and O–H groups in total. The van der Waals surface area contributed by atoms with E-state index in [2.05, 4.69) is 10.1 Å². The first kappa shape index (κ1) is 14.9. The quantitative estimate of drug-likeness (QED) is 0.738. The Bertz CT molecular complexity index is 797. The molecule has 0 aliphatic rings. The predicted molar refractivity (Wildman–Crippen MR) is 75.5 cm³/mol. The minimum absolute atomic E-state index is 0.0206. The van der Waals surface area contributed by atoms with E-state index in [4.69, 9.17) is 0 Å². The van der Waals surface area contributed by atoms with Crippen LogP contribution in [0, 0.1) is 0 Å². The van der Waals surface area contributed by atoms with E-state index >= 15 is 0 Å². The van der Waals surface area contributed by atoms with Gasteiger partial charge in [0.05, 0.1) is 12.1 Å². The number of carbonyl (C=O) groups excluding carboxylic acids is 1. The molecule has 2 aromatic rings. The molecule has 8 nitrogen and oxygen atoms in total. The van der Waals surface area contributed by atoms with Crippen LogP contribution in [-0.4, -0.2) is 29.7 Å². The van der Waals surface area contributed by atoms with Gasteiger partial charge in [0.15, 0.2) is 5.78 Å². The van der Waals surface area contributed by atoms with E-state index in [0.717, 1.165) is 4.57 Å². The summed E-state index contributed by atoms with van der Waals surface area (Å²) in [5.41, 5.74) is -1.11. The molecule has 0 saturated heterocycles. The van der Waals surface area contributed by atoms with Gasteiger partial charge in [-0.05, 0) is 20.8 Å². The van der Waals surface area contributed by atoms with Crippen molar-refractivity contribution in [3.8, 4) is 0 Å². The highest BCUT2D eigenvalue weighted by Crippen LogP contribution is 2.06. The van der Waals surface area contributed by atoms with E-state index in [1.165, 1.54) is 31.1 Å². The Morgan fingerprint density at radius 2 is 2.00 bits per heavy atom. The van der Waals surface area contributed by atoms with Crippen molar-refractivity contribution in [2.45, 2.75) is 33.4 Å². The number of ketones is 1. The Hall–Kier alpha value is -2.51. The second-order valence-corrected chi connectivity index (χ2v) is 5.09. The smallest absolute Gasteiger partial charge is 0.294 e. The van der Waals surface area contributed by atoms with Gasteiger partial charge in [-0.15, -0.1) is 0 Å². The molecule has 0 saturated carbocycles.